The van der Waals surface area contributed by atoms with Gasteiger partial charge >= 0.3 is 17.9 Å². The molecule has 4 aliphatic carbocycles. The summed E-state index contributed by atoms with van der Waals surface area (Å²) in [5.41, 5.74) is -2.30. The van der Waals surface area contributed by atoms with Crippen molar-refractivity contribution in [3.63, 3.8) is 0 Å². The normalized spacial score (nSPS) is 46.7. The number of nitrogens with zero attached hydrogens (tertiary/aromatic N) is 1. The zero-order chi connectivity index (χ0) is 32.3. The van der Waals surface area contributed by atoms with E-state index in [9.17, 15) is 34.5 Å². The molecule has 2 aliphatic heterocycles. The molecule has 0 aromatic heterocycles. The van der Waals surface area contributed by atoms with Crippen LogP contribution in [0.15, 0.2) is 22.8 Å². The third-order valence-corrected chi connectivity index (χ3v) is 12.9. The first kappa shape index (κ1) is 31.4. The number of esters is 2. The Labute approximate surface area is 257 Å². The van der Waals surface area contributed by atoms with Gasteiger partial charge in [0.25, 0.3) is 0 Å². The number of carbonyl (C=O) groups is 4. The van der Waals surface area contributed by atoms with Gasteiger partial charge in [0.1, 0.15) is 35.3 Å². The van der Waals surface area contributed by atoms with Crippen molar-refractivity contribution in [3.05, 3.63) is 22.8 Å². The van der Waals surface area contributed by atoms with E-state index >= 15 is 0 Å². The van der Waals surface area contributed by atoms with Gasteiger partial charge in [0.2, 0.25) is 0 Å². The number of hydrogen-bond acceptors (Lipinski definition) is 10. The molecule has 11 nitrogen and oxygen atoms in total. The highest BCUT2D eigenvalue weighted by Crippen LogP contribution is 2.74. The highest BCUT2D eigenvalue weighted by molar-refractivity contribution is 5.90. The number of cyclic esters (lactones) is 1. The molecule has 242 valence electrons. The monoisotopic (exact) mass is 615 g/mol. The molecule has 3 saturated carbocycles. The van der Waals surface area contributed by atoms with Gasteiger partial charge in [0.15, 0.2) is 0 Å². The Kier molecular flexibility index (Phi) is 7.10. The van der Waals surface area contributed by atoms with Crippen LogP contribution in [0.4, 0.5) is 0 Å². The van der Waals surface area contributed by atoms with E-state index in [2.05, 4.69) is 0 Å². The fourth-order valence-electron chi connectivity index (χ4n) is 10.2. The zero-order valence-electron chi connectivity index (χ0n) is 26.6. The number of rotatable bonds is 6. The first-order valence-corrected chi connectivity index (χ1v) is 15.7. The highest BCUT2D eigenvalue weighted by Gasteiger charge is 2.84. The van der Waals surface area contributed by atoms with Crippen molar-refractivity contribution >= 4 is 23.7 Å². The summed E-state index contributed by atoms with van der Waals surface area (Å²) in [6, 6.07) is -0.709. The van der Waals surface area contributed by atoms with E-state index in [1.807, 2.05) is 33.8 Å². The van der Waals surface area contributed by atoms with Crippen LogP contribution in [0, 0.1) is 28.6 Å². The largest absolute Gasteiger partial charge is 0.480 e. The number of hydrogen-bond donors (Lipinski definition) is 3. The van der Waals surface area contributed by atoms with Gasteiger partial charge in [-0.3, -0.25) is 19.3 Å². The van der Waals surface area contributed by atoms with Crippen LogP contribution in [0.3, 0.4) is 0 Å². The lowest BCUT2D eigenvalue weighted by molar-refractivity contribution is -0.230. The zero-order valence-corrected chi connectivity index (χ0v) is 26.6. The van der Waals surface area contributed by atoms with Gasteiger partial charge in [-0.15, -0.1) is 0 Å². The topological polar surface area (TPSA) is 163 Å². The van der Waals surface area contributed by atoms with Crippen molar-refractivity contribution in [2.24, 2.45) is 28.6 Å². The molecule has 0 bridgehead atoms. The summed E-state index contributed by atoms with van der Waals surface area (Å²) in [4.78, 5) is 52.2. The predicted molar refractivity (Wildman–Crippen MR) is 155 cm³/mol. The van der Waals surface area contributed by atoms with E-state index in [4.69, 9.17) is 14.2 Å². The molecule has 0 aromatic carbocycles. The standard InChI is InChI=1S/C33H45NO10/c1-15-10-23(43-29(40)16(15)2)17(3)20-11-25(42-18(4)35)32(41)21-12-26-33(44-26)28(39)22(34(7)14-27(37)38)13-24(36)31(33,6)19(21)8-9-30(20,32)5/h11,17,19,21-23,25-26,28,39,41H,8-10,12-14H2,1-7H3,(H,37,38). The van der Waals surface area contributed by atoms with Crippen LogP contribution >= 0.6 is 0 Å². The smallest absolute Gasteiger partial charge is 0.333 e. The van der Waals surface area contributed by atoms with Gasteiger partial charge < -0.3 is 29.5 Å². The number of aliphatic carboxylic acids is 1. The molecule has 6 rings (SSSR count). The number of epoxide rings is 1. The molecule has 1 spiro atoms. The van der Waals surface area contributed by atoms with Crippen LogP contribution in [0.25, 0.3) is 0 Å². The van der Waals surface area contributed by atoms with Crippen LogP contribution in [0.1, 0.15) is 73.6 Å². The van der Waals surface area contributed by atoms with E-state index in [1.165, 1.54) is 11.8 Å². The van der Waals surface area contributed by atoms with Crippen LogP contribution < -0.4 is 0 Å². The summed E-state index contributed by atoms with van der Waals surface area (Å²) >= 11 is 0. The minimum Gasteiger partial charge on any atom is -0.480 e. The summed E-state index contributed by atoms with van der Waals surface area (Å²) < 4.78 is 18.0. The van der Waals surface area contributed by atoms with E-state index in [0.717, 1.165) is 11.1 Å². The molecule has 6 aliphatic rings. The maximum atomic E-state index is 14.2. The maximum Gasteiger partial charge on any atom is 0.333 e. The Morgan fingerprint density at radius 3 is 2.48 bits per heavy atom. The number of aliphatic hydroxyl groups excluding tert-OH is 1. The summed E-state index contributed by atoms with van der Waals surface area (Å²) in [5, 5.41) is 34.1. The Bertz CT molecular complexity index is 1390. The van der Waals surface area contributed by atoms with Gasteiger partial charge in [-0.05, 0) is 65.0 Å². The molecular formula is C33H45NO10. The molecular weight excluding hydrogens is 570 g/mol. The van der Waals surface area contributed by atoms with E-state index in [-0.39, 0.29) is 36.6 Å². The number of fused-ring (bicyclic) bond motifs is 4. The van der Waals surface area contributed by atoms with Crippen LogP contribution in [-0.4, -0.2) is 99.2 Å². The summed E-state index contributed by atoms with van der Waals surface area (Å²) in [7, 11) is 1.59. The van der Waals surface area contributed by atoms with Crippen molar-refractivity contribution in [1.29, 1.82) is 0 Å². The van der Waals surface area contributed by atoms with Crippen molar-refractivity contribution < 1.29 is 48.7 Å². The van der Waals surface area contributed by atoms with Crippen molar-refractivity contribution in [2.75, 3.05) is 13.6 Å². The van der Waals surface area contributed by atoms with Gasteiger partial charge in [0.05, 0.1) is 18.1 Å². The Morgan fingerprint density at radius 2 is 1.86 bits per heavy atom. The number of likely N-dealkylation sites (N-methyl/N-ethyl adjacent to an activating group) is 1. The number of carboxylic acids is 1. The molecule has 2 heterocycles. The molecule has 0 aromatic rings. The summed E-state index contributed by atoms with van der Waals surface area (Å²) in [6.45, 7) is 10.5. The number of aliphatic hydroxyl groups is 2. The van der Waals surface area contributed by atoms with Gasteiger partial charge in [-0.1, -0.05) is 25.0 Å². The molecule has 1 saturated heterocycles. The number of ether oxygens (including phenoxy) is 3. The molecule has 11 heteroatoms. The van der Waals surface area contributed by atoms with Gasteiger partial charge in [0, 0.05) is 42.7 Å². The molecule has 44 heavy (non-hydrogen) atoms. The average molecular weight is 616 g/mol. The predicted octanol–water partition coefficient (Wildman–Crippen LogP) is 2.18. The molecule has 4 fully saturated rings. The SMILES string of the molecule is CC(=O)OC1C=C(C(C)C2CC(C)=C(C)C(=O)O2)C2(C)CCC3C(CC4OC45C(O)C(N(C)CC(=O)O)CC(=O)C35C)C12O. The van der Waals surface area contributed by atoms with E-state index in [1.54, 1.807) is 14.0 Å². The number of carbonyl (C=O) groups excluding carboxylic acids is 3. The average Bonchev–Trinajstić information content (AvgIpc) is 3.63. The second kappa shape index (κ2) is 9.95. The minimum atomic E-state index is -1.58. The molecule has 0 amide bonds. The summed E-state index contributed by atoms with van der Waals surface area (Å²) in [6.07, 6.45) is 0.710. The molecule has 3 N–H and O–H groups in total. The lowest BCUT2D eigenvalue weighted by Crippen LogP contribution is -2.73. The quantitative estimate of drug-likeness (QED) is 0.228. The molecule has 12 atom stereocenters. The fourth-order valence-corrected chi connectivity index (χ4v) is 10.2. The minimum absolute atomic E-state index is 0.0363. The summed E-state index contributed by atoms with van der Waals surface area (Å²) in [5.74, 6) is -3.21. The Hall–Kier alpha value is -2.60. The van der Waals surface area contributed by atoms with Crippen LogP contribution in [0.5, 0.6) is 0 Å². The van der Waals surface area contributed by atoms with E-state index < -0.39 is 70.3 Å². The fraction of sp³-hybridized carbons (Fsp3) is 0.758. The number of carboxylic acid groups (broad SMARTS) is 1. The third-order valence-electron chi connectivity index (χ3n) is 12.9. The Balaban J connectivity index is 1.37. The molecule has 12 unspecified atom stereocenters. The molecule has 0 radical (unpaired) electrons. The van der Waals surface area contributed by atoms with Gasteiger partial charge in [-0.2, -0.15) is 0 Å². The van der Waals surface area contributed by atoms with Crippen LogP contribution in [-0.2, 0) is 33.4 Å². The highest BCUT2D eigenvalue weighted by atomic mass is 16.6. The number of ketones is 1. The first-order chi connectivity index (χ1) is 20.4. The van der Waals surface area contributed by atoms with Crippen LogP contribution in [0.2, 0.25) is 0 Å². The lowest BCUT2D eigenvalue weighted by atomic mass is 9.41. The van der Waals surface area contributed by atoms with Crippen molar-refractivity contribution in [2.45, 2.75) is 115 Å². The first-order valence-electron chi connectivity index (χ1n) is 15.7. The lowest BCUT2D eigenvalue weighted by Gasteiger charge is -2.63. The van der Waals surface area contributed by atoms with E-state index in [0.29, 0.717) is 31.3 Å². The third kappa shape index (κ3) is 3.88. The van der Waals surface area contributed by atoms with Crippen molar-refractivity contribution in [1.82, 2.24) is 4.90 Å². The second-order valence-electron chi connectivity index (χ2n) is 14.7. The van der Waals surface area contributed by atoms with Gasteiger partial charge in [-0.25, -0.2) is 4.79 Å². The van der Waals surface area contributed by atoms with Crippen molar-refractivity contribution in [3.8, 4) is 0 Å². The second-order valence-corrected chi connectivity index (χ2v) is 14.7. The Morgan fingerprint density at radius 1 is 1.18 bits per heavy atom. The maximum absolute atomic E-state index is 14.2. The number of Topliss-reactive ketones (excluding diaryl/α,β-unsaturated/α-hetero) is 1.